The van der Waals surface area contributed by atoms with E-state index < -0.39 is 0 Å². The van der Waals surface area contributed by atoms with E-state index in [1.165, 1.54) is 0 Å². The summed E-state index contributed by atoms with van der Waals surface area (Å²) >= 11 is 1.93. The summed E-state index contributed by atoms with van der Waals surface area (Å²) in [6, 6.07) is 0.520. The Kier molecular flexibility index (Phi) is 8.78. The predicted molar refractivity (Wildman–Crippen MR) is 101 cm³/mol. The van der Waals surface area contributed by atoms with Crippen LogP contribution in [0.4, 0.5) is 4.79 Å². The fourth-order valence-electron chi connectivity index (χ4n) is 2.76. The summed E-state index contributed by atoms with van der Waals surface area (Å²) in [7, 11) is 3.50. The van der Waals surface area contributed by atoms with Crippen LogP contribution in [0.2, 0.25) is 0 Å². The third-order valence-corrected chi connectivity index (χ3v) is 7.82. The van der Waals surface area contributed by atoms with E-state index in [1.54, 1.807) is 21.6 Å². The van der Waals surface area contributed by atoms with Crippen molar-refractivity contribution in [2.24, 2.45) is 5.73 Å². The molecule has 2 heterocycles. The molecule has 23 heavy (non-hydrogen) atoms. The van der Waals surface area contributed by atoms with Crippen LogP contribution in [0.25, 0.3) is 0 Å². The molecule has 2 aliphatic rings. The molecule has 3 amide bonds. The van der Waals surface area contributed by atoms with Gasteiger partial charge in [-0.3, -0.25) is 4.79 Å². The van der Waals surface area contributed by atoms with Gasteiger partial charge in [0.2, 0.25) is 5.91 Å². The van der Waals surface area contributed by atoms with Crippen LogP contribution >= 0.6 is 33.3 Å². The van der Waals surface area contributed by atoms with E-state index in [4.69, 9.17) is 5.73 Å². The number of carbonyl (C=O) groups excluding carboxylic acids is 2. The first-order chi connectivity index (χ1) is 11.2. The Morgan fingerprint density at radius 1 is 1.30 bits per heavy atom. The molecule has 0 spiro atoms. The van der Waals surface area contributed by atoms with Gasteiger partial charge in [-0.1, -0.05) is 28.0 Å². The minimum absolute atomic E-state index is 0.0350. The van der Waals surface area contributed by atoms with Gasteiger partial charge in [0.05, 0.1) is 12.1 Å². The molecule has 0 aromatic rings. The number of nitrogens with two attached hydrogens (primary N) is 1. The molecule has 2 rings (SSSR count). The Balaban J connectivity index is 1.46. The van der Waals surface area contributed by atoms with Crippen LogP contribution in [0, 0.1) is 0 Å². The SMILES string of the molecule is NCCSSCCNC(=O)CCCCC1SCC2NC(=O)NC21. The number of carbonyl (C=O) groups is 2. The molecule has 3 unspecified atom stereocenters. The molecular weight excluding hydrogens is 352 g/mol. The molecule has 2 fully saturated rings. The molecule has 0 aromatic carbocycles. The molecule has 3 atom stereocenters. The van der Waals surface area contributed by atoms with Crippen LogP contribution in [0.5, 0.6) is 0 Å². The Morgan fingerprint density at radius 3 is 2.96 bits per heavy atom. The van der Waals surface area contributed by atoms with Crippen molar-refractivity contribution in [1.29, 1.82) is 0 Å². The lowest BCUT2D eigenvalue weighted by molar-refractivity contribution is -0.121. The molecule has 6 nitrogen and oxygen atoms in total. The minimum Gasteiger partial charge on any atom is -0.355 e. The number of urea groups is 1. The van der Waals surface area contributed by atoms with E-state index in [0.29, 0.717) is 18.2 Å². The number of hydrogen-bond acceptors (Lipinski definition) is 6. The van der Waals surface area contributed by atoms with E-state index in [0.717, 1.165) is 43.1 Å². The quantitative estimate of drug-likeness (QED) is 0.245. The summed E-state index contributed by atoms with van der Waals surface area (Å²) in [6.45, 7) is 1.42. The first-order valence-corrected chi connectivity index (χ1v) is 11.6. The molecule has 0 aromatic heterocycles. The highest BCUT2D eigenvalue weighted by molar-refractivity contribution is 8.76. The van der Waals surface area contributed by atoms with E-state index in [9.17, 15) is 9.59 Å². The average Bonchev–Trinajstić information content (AvgIpc) is 3.07. The smallest absolute Gasteiger partial charge is 0.315 e. The Labute approximate surface area is 150 Å². The van der Waals surface area contributed by atoms with E-state index in [-0.39, 0.29) is 24.0 Å². The van der Waals surface area contributed by atoms with Crippen LogP contribution in [-0.4, -0.2) is 59.6 Å². The van der Waals surface area contributed by atoms with Crippen LogP contribution in [0.3, 0.4) is 0 Å². The second kappa shape index (κ2) is 10.6. The van der Waals surface area contributed by atoms with Crippen molar-refractivity contribution in [2.45, 2.75) is 43.0 Å². The molecule has 2 saturated heterocycles. The summed E-state index contributed by atoms with van der Waals surface area (Å²) in [5.74, 6) is 3.01. The number of fused-ring (bicyclic) bond motifs is 1. The molecule has 5 N–H and O–H groups in total. The highest BCUT2D eigenvalue weighted by Gasteiger charge is 2.42. The number of nitrogens with one attached hydrogen (secondary N) is 3. The first-order valence-electron chi connectivity index (χ1n) is 8.10. The van der Waals surface area contributed by atoms with Crippen molar-refractivity contribution in [1.82, 2.24) is 16.0 Å². The van der Waals surface area contributed by atoms with Crippen LogP contribution in [0.15, 0.2) is 0 Å². The van der Waals surface area contributed by atoms with Gasteiger partial charge in [-0.15, -0.1) is 0 Å². The summed E-state index contributed by atoms with van der Waals surface area (Å²) in [6.07, 6.45) is 3.60. The van der Waals surface area contributed by atoms with Crippen LogP contribution in [0.1, 0.15) is 25.7 Å². The zero-order valence-electron chi connectivity index (χ0n) is 13.2. The van der Waals surface area contributed by atoms with Crippen molar-refractivity contribution < 1.29 is 9.59 Å². The maximum absolute atomic E-state index is 11.7. The number of thioether (sulfide) groups is 1. The zero-order chi connectivity index (χ0) is 16.5. The monoisotopic (exact) mass is 378 g/mol. The van der Waals surface area contributed by atoms with Crippen molar-refractivity contribution in [2.75, 3.05) is 30.3 Å². The summed E-state index contributed by atoms with van der Waals surface area (Å²) in [4.78, 5) is 23.0. The van der Waals surface area contributed by atoms with Gasteiger partial charge >= 0.3 is 6.03 Å². The maximum atomic E-state index is 11.7. The van der Waals surface area contributed by atoms with E-state index in [1.807, 2.05) is 11.8 Å². The summed E-state index contributed by atoms with van der Waals surface area (Å²) in [5, 5.41) is 9.39. The Bertz CT molecular complexity index is 400. The lowest BCUT2D eigenvalue weighted by atomic mass is 10.0. The van der Waals surface area contributed by atoms with Gasteiger partial charge in [-0.05, 0) is 12.8 Å². The molecule has 9 heteroatoms. The fourth-order valence-corrected chi connectivity index (χ4v) is 6.07. The number of rotatable bonds is 11. The van der Waals surface area contributed by atoms with E-state index >= 15 is 0 Å². The topological polar surface area (TPSA) is 96.2 Å². The highest BCUT2D eigenvalue weighted by atomic mass is 33.1. The average molecular weight is 379 g/mol. The second-order valence-corrected chi connectivity index (χ2v) is 9.62. The Morgan fingerprint density at radius 2 is 2.13 bits per heavy atom. The highest BCUT2D eigenvalue weighted by Crippen LogP contribution is 2.33. The molecule has 132 valence electrons. The van der Waals surface area contributed by atoms with Crippen LogP contribution < -0.4 is 21.7 Å². The van der Waals surface area contributed by atoms with Gasteiger partial charge in [0.1, 0.15) is 0 Å². The maximum Gasteiger partial charge on any atom is 0.315 e. The van der Waals surface area contributed by atoms with Crippen LogP contribution in [-0.2, 0) is 4.79 Å². The van der Waals surface area contributed by atoms with Crippen molar-refractivity contribution in [3.8, 4) is 0 Å². The fraction of sp³-hybridized carbons (Fsp3) is 0.857. The van der Waals surface area contributed by atoms with Gasteiger partial charge in [0.15, 0.2) is 0 Å². The molecule has 0 bridgehead atoms. The molecule has 0 radical (unpaired) electrons. The molecular formula is C14H26N4O2S3. The normalized spacial score (nSPS) is 25.8. The molecule has 0 aliphatic carbocycles. The minimum atomic E-state index is -0.0350. The lowest BCUT2D eigenvalue weighted by Crippen LogP contribution is -2.36. The van der Waals surface area contributed by atoms with Gasteiger partial charge in [-0.2, -0.15) is 11.8 Å². The summed E-state index contributed by atoms with van der Waals surface area (Å²) < 4.78 is 0. The Hall–Kier alpha value is -0.250. The second-order valence-electron chi connectivity index (χ2n) is 5.65. The third kappa shape index (κ3) is 6.64. The van der Waals surface area contributed by atoms with Crippen molar-refractivity contribution in [3.05, 3.63) is 0 Å². The van der Waals surface area contributed by atoms with Gasteiger partial charge in [0, 0.05) is 42.0 Å². The third-order valence-electron chi connectivity index (χ3n) is 3.87. The van der Waals surface area contributed by atoms with Crippen molar-refractivity contribution >= 4 is 45.3 Å². The molecule has 0 saturated carbocycles. The lowest BCUT2D eigenvalue weighted by Gasteiger charge is -2.16. The largest absolute Gasteiger partial charge is 0.355 e. The standard InChI is InChI=1S/C14H26N4O2S3/c15-5-7-22-23-8-6-16-12(19)4-2-1-3-11-13-10(9-21-11)17-14(20)18-13/h10-11,13H,1-9,15H2,(H,16,19)(H2,17,18,20). The predicted octanol–water partition coefficient (Wildman–Crippen LogP) is 1.17. The molecule has 2 aliphatic heterocycles. The van der Waals surface area contributed by atoms with E-state index in [2.05, 4.69) is 16.0 Å². The first kappa shape index (κ1) is 19.1. The zero-order valence-corrected chi connectivity index (χ0v) is 15.7. The van der Waals surface area contributed by atoms with Crippen molar-refractivity contribution in [3.63, 3.8) is 0 Å². The number of hydrogen-bond donors (Lipinski definition) is 4. The number of amides is 3. The summed E-state index contributed by atoms with van der Waals surface area (Å²) in [5.41, 5.74) is 5.41. The number of unbranched alkanes of at least 4 members (excludes halogenated alkanes) is 1. The van der Waals surface area contributed by atoms with Gasteiger partial charge < -0.3 is 21.7 Å². The van der Waals surface area contributed by atoms with Gasteiger partial charge in [-0.25, -0.2) is 4.79 Å². The van der Waals surface area contributed by atoms with Gasteiger partial charge in [0.25, 0.3) is 0 Å².